The Labute approximate surface area is 103 Å². The third-order valence-electron chi connectivity index (χ3n) is 2.86. The van der Waals surface area contributed by atoms with Crippen molar-refractivity contribution in [3.05, 3.63) is 35.9 Å². The van der Waals surface area contributed by atoms with Crippen LogP contribution in [0.3, 0.4) is 0 Å². The van der Waals surface area contributed by atoms with Gasteiger partial charge in [-0.2, -0.15) is 0 Å². The van der Waals surface area contributed by atoms with Crippen LogP contribution in [-0.2, 0) is 11.2 Å². The van der Waals surface area contributed by atoms with Gasteiger partial charge in [-0.05, 0) is 32.0 Å². The maximum absolute atomic E-state index is 10.7. The molecule has 0 amide bonds. The predicted molar refractivity (Wildman–Crippen MR) is 69.1 cm³/mol. The Morgan fingerprint density at radius 2 is 2.00 bits per heavy atom. The molecule has 1 N–H and O–H groups in total. The van der Waals surface area contributed by atoms with Crippen LogP contribution in [-0.4, -0.2) is 36.1 Å². The number of aliphatic carboxylic acids is 1. The minimum Gasteiger partial charge on any atom is -0.481 e. The maximum atomic E-state index is 10.7. The van der Waals surface area contributed by atoms with Crippen LogP contribution in [0, 0.1) is 5.92 Å². The first kappa shape index (κ1) is 13.7. The molecule has 0 aromatic heterocycles. The Morgan fingerprint density at radius 1 is 1.35 bits per heavy atom. The Hall–Kier alpha value is -1.35. The number of hydrogen-bond acceptors (Lipinski definition) is 2. The van der Waals surface area contributed by atoms with Crippen molar-refractivity contribution >= 4 is 5.97 Å². The number of benzene rings is 1. The molecule has 0 aliphatic rings. The molecule has 1 rings (SSSR count). The molecule has 94 valence electrons. The number of carboxylic acids is 1. The smallest absolute Gasteiger partial charge is 0.307 e. The SMILES string of the molecule is CC(CN(C)CCCc1ccccc1)C(=O)O. The van der Waals surface area contributed by atoms with E-state index < -0.39 is 5.97 Å². The van der Waals surface area contributed by atoms with Crippen LogP contribution in [0.1, 0.15) is 18.9 Å². The molecular formula is C14H21NO2. The van der Waals surface area contributed by atoms with Gasteiger partial charge in [0.05, 0.1) is 5.92 Å². The van der Waals surface area contributed by atoms with Crippen LogP contribution < -0.4 is 0 Å². The average molecular weight is 235 g/mol. The van der Waals surface area contributed by atoms with E-state index in [1.54, 1.807) is 6.92 Å². The van der Waals surface area contributed by atoms with Gasteiger partial charge in [0.15, 0.2) is 0 Å². The molecule has 3 heteroatoms. The van der Waals surface area contributed by atoms with E-state index in [0.717, 1.165) is 19.4 Å². The lowest BCUT2D eigenvalue weighted by molar-refractivity contribution is -0.141. The molecule has 0 aliphatic carbocycles. The van der Waals surface area contributed by atoms with Crippen molar-refractivity contribution in [1.29, 1.82) is 0 Å². The highest BCUT2D eigenvalue weighted by molar-refractivity contribution is 5.69. The zero-order valence-electron chi connectivity index (χ0n) is 10.6. The van der Waals surface area contributed by atoms with Crippen molar-refractivity contribution in [3.8, 4) is 0 Å². The summed E-state index contributed by atoms with van der Waals surface area (Å²) in [6, 6.07) is 10.4. The molecule has 0 spiro atoms. The molecule has 3 nitrogen and oxygen atoms in total. The molecule has 0 fully saturated rings. The Bertz CT molecular complexity index is 337. The zero-order chi connectivity index (χ0) is 12.7. The summed E-state index contributed by atoms with van der Waals surface area (Å²) in [5.74, 6) is -1.02. The zero-order valence-corrected chi connectivity index (χ0v) is 10.6. The van der Waals surface area contributed by atoms with Crippen LogP contribution in [0.25, 0.3) is 0 Å². The van der Waals surface area contributed by atoms with Crippen molar-refractivity contribution in [2.24, 2.45) is 5.92 Å². The second-order valence-corrected chi connectivity index (χ2v) is 4.59. The number of hydrogen-bond donors (Lipinski definition) is 1. The summed E-state index contributed by atoms with van der Waals surface area (Å²) < 4.78 is 0. The number of carbonyl (C=O) groups is 1. The van der Waals surface area contributed by atoms with Gasteiger partial charge in [0.1, 0.15) is 0 Å². The minimum atomic E-state index is -0.722. The standard InChI is InChI=1S/C14H21NO2/c1-12(14(16)17)11-15(2)10-6-9-13-7-4-3-5-8-13/h3-5,7-8,12H,6,9-11H2,1-2H3,(H,16,17). The van der Waals surface area contributed by atoms with Crippen molar-refractivity contribution < 1.29 is 9.90 Å². The first-order valence-electron chi connectivity index (χ1n) is 6.05. The van der Waals surface area contributed by atoms with Crippen molar-refractivity contribution in [2.75, 3.05) is 20.1 Å². The molecule has 0 aliphatic heterocycles. The lowest BCUT2D eigenvalue weighted by Crippen LogP contribution is -2.29. The fourth-order valence-electron chi connectivity index (χ4n) is 1.83. The molecule has 0 bridgehead atoms. The second kappa shape index (κ2) is 7.07. The maximum Gasteiger partial charge on any atom is 0.307 e. The molecule has 0 saturated heterocycles. The summed E-state index contributed by atoms with van der Waals surface area (Å²) in [5, 5.41) is 8.81. The quantitative estimate of drug-likeness (QED) is 0.788. The van der Waals surface area contributed by atoms with Gasteiger partial charge < -0.3 is 10.0 Å². The van der Waals surface area contributed by atoms with Crippen molar-refractivity contribution in [1.82, 2.24) is 4.90 Å². The van der Waals surface area contributed by atoms with E-state index in [1.807, 2.05) is 25.2 Å². The number of nitrogens with zero attached hydrogens (tertiary/aromatic N) is 1. The van der Waals surface area contributed by atoms with E-state index in [-0.39, 0.29) is 5.92 Å². The van der Waals surface area contributed by atoms with E-state index >= 15 is 0 Å². The molecule has 0 saturated carbocycles. The van der Waals surface area contributed by atoms with Gasteiger partial charge in [-0.15, -0.1) is 0 Å². The van der Waals surface area contributed by atoms with Crippen molar-refractivity contribution in [2.45, 2.75) is 19.8 Å². The molecule has 1 atom stereocenters. The molecule has 0 heterocycles. The van der Waals surface area contributed by atoms with Crippen LogP contribution in [0.5, 0.6) is 0 Å². The summed E-state index contributed by atoms with van der Waals surface area (Å²) >= 11 is 0. The fraction of sp³-hybridized carbons (Fsp3) is 0.500. The van der Waals surface area contributed by atoms with Crippen LogP contribution >= 0.6 is 0 Å². The van der Waals surface area contributed by atoms with Gasteiger partial charge >= 0.3 is 5.97 Å². The Kier molecular flexibility index (Phi) is 5.70. The summed E-state index contributed by atoms with van der Waals surface area (Å²) in [4.78, 5) is 12.8. The summed E-state index contributed by atoms with van der Waals surface area (Å²) in [5.41, 5.74) is 1.34. The monoisotopic (exact) mass is 235 g/mol. The van der Waals surface area contributed by atoms with E-state index in [1.165, 1.54) is 5.56 Å². The second-order valence-electron chi connectivity index (χ2n) is 4.59. The highest BCUT2D eigenvalue weighted by Gasteiger charge is 2.12. The average Bonchev–Trinajstić information content (AvgIpc) is 2.30. The molecule has 1 unspecified atom stereocenters. The lowest BCUT2D eigenvalue weighted by Gasteiger charge is -2.18. The van der Waals surface area contributed by atoms with E-state index in [9.17, 15) is 4.79 Å². The van der Waals surface area contributed by atoms with Gasteiger partial charge in [-0.3, -0.25) is 4.79 Å². The first-order chi connectivity index (χ1) is 8.09. The molecule has 0 radical (unpaired) electrons. The van der Waals surface area contributed by atoms with E-state index in [4.69, 9.17) is 5.11 Å². The van der Waals surface area contributed by atoms with Gasteiger partial charge in [-0.25, -0.2) is 0 Å². The van der Waals surface area contributed by atoms with Crippen molar-refractivity contribution in [3.63, 3.8) is 0 Å². The summed E-state index contributed by atoms with van der Waals surface area (Å²) in [7, 11) is 1.98. The normalized spacial score (nSPS) is 12.6. The van der Waals surface area contributed by atoms with Gasteiger partial charge in [0.2, 0.25) is 0 Å². The highest BCUT2D eigenvalue weighted by atomic mass is 16.4. The van der Waals surface area contributed by atoms with E-state index in [2.05, 4.69) is 17.0 Å². The Morgan fingerprint density at radius 3 is 2.59 bits per heavy atom. The first-order valence-corrected chi connectivity index (χ1v) is 6.05. The largest absolute Gasteiger partial charge is 0.481 e. The minimum absolute atomic E-state index is 0.295. The van der Waals surface area contributed by atoms with Gasteiger partial charge in [0, 0.05) is 6.54 Å². The van der Waals surface area contributed by atoms with E-state index in [0.29, 0.717) is 6.54 Å². The number of carboxylic acid groups (broad SMARTS) is 1. The van der Waals surface area contributed by atoms with Gasteiger partial charge in [0.25, 0.3) is 0 Å². The summed E-state index contributed by atoms with van der Waals surface area (Å²) in [6.45, 7) is 3.30. The fourth-order valence-corrected chi connectivity index (χ4v) is 1.83. The van der Waals surface area contributed by atoms with Crippen LogP contribution in [0.4, 0.5) is 0 Å². The van der Waals surface area contributed by atoms with Crippen LogP contribution in [0.15, 0.2) is 30.3 Å². The topological polar surface area (TPSA) is 40.5 Å². The predicted octanol–water partition coefficient (Wildman–Crippen LogP) is 2.27. The highest BCUT2D eigenvalue weighted by Crippen LogP contribution is 2.04. The molecule has 17 heavy (non-hydrogen) atoms. The molecular weight excluding hydrogens is 214 g/mol. The Balaban J connectivity index is 2.20. The number of aryl methyl sites for hydroxylation is 1. The molecule has 1 aromatic rings. The van der Waals surface area contributed by atoms with Gasteiger partial charge in [-0.1, -0.05) is 37.3 Å². The summed E-state index contributed by atoms with van der Waals surface area (Å²) in [6.07, 6.45) is 2.11. The van der Waals surface area contributed by atoms with Crippen LogP contribution in [0.2, 0.25) is 0 Å². The third-order valence-corrected chi connectivity index (χ3v) is 2.86. The number of rotatable bonds is 7. The third kappa shape index (κ3) is 5.50. The molecule has 1 aromatic carbocycles. The lowest BCUT2D eigenvalue weighted by atomic mass is 10.1.